The van der Waals surface area contributed by atoms with E-state index in [1.165, 1.54) is 33.4 Å². The zero-order valence-electron chi connectivity index (χ0n) is 39.8. The second-order valence-electron chi connectivity index (χ2n) is 19.2. The summed E-state index contributed by atoms with van der Waals surface area (Å²) < 4.78 is 12.3. The SMILES string of the molecule is COCCCCOc1c(-c2cc(C)cc(-c3c(C(C)C)cc(C(C)C)cc3C(C)C)c2O)cc(C)cc1-c1cc(C)cc(-c2c(C(C)C)cc(C(C)C)cc2C(C)C)c1O. The molecule has 0 aliphatic heterocycles. The largest absolute Gasteiger partial charge is 0.507 e. The van der Waals surface area contributed by atoms with Gasteiger partial charge in [-0.25, -0.2) is 0 Å². The summed E-state index contributed by atoms with van der Waals surface area (Å²) in [5.74, 6) is 2.92. The third-order valence-electron chi connectivity index (χ3n) is 12.1. The number of benzene rings is 5. The molecule has 4 heteroatoms. The van der Waals surface area contributed by atoms with Gasteiger partial charge < -0.3 is 19.7 Å². The predicted molar refractivity (Wildman–Crippen MR) is 257 cm³/mol. The van der Waals surface area contributed by atoms with Gasteiger partial charge in [-0.05, 0) is 167 Å². The fraction of sp³-hybridized carbons (Fsp3) is 0.464. The van der Waals surface area contributed by atoms with Crippen LogP contribution in [0.25, 0.3) is 44.5 Å². The van der Waals surface area contributed by atoms with Crippen LogP contribution < -0.4 is 4.74 Å². The van der Waals surface area contributed by atoms with Gasteiger partial charge in [0.1, 0.15) is 17.2 Å². The maximum Gasteiger partial charge on any atom is 0.135 e. The molecule has 0 saturated heterocycles. The zero-order chi connectivity index (χ0) is 44.3. The summed E-state index contributed by atoms with van der Waals surface area (Å²) in [6.07, 6.45) is 1.66. The summed E-state index contributed by atoms with van der Waals surface area (Å²) >= 11 is 0. The van der Waals surface area contributed by atoms with Gasteiger partial charge in [0, 0.05) is 47.1 Å². The number of hydrogen-bond donors (Lipinski definition) is 2. The molecule has 0 heterocycles. The average Bonchev–Trinajstić information content (AvgIpc) is 3.18. The van der Waals surface area contributed by atoms with E-state index in [4.69, 9.17) is 9.47 Å². The second-order valence-corrected chi connectivity index (χ2v) is 19.2. The standard InChI is InChI=1S/C56H74O4/c1-31(2)40-27-42(33(5)6)52(43(28-40)34(7)8)50-25-37(13)21-46(54(50)57)48-23-39(15)24-49(56(48)60-20-18-17-19-59-16)47-22-38(14)26-51(55(47)58)53-44(35(9)10)29-41(32(3)4)30-45(53)36(11)12/h21-36,57-58H,17-20H2,1-16H3. The van der Waals surface area contributed by atoms with Crippen molar-refractivity contribution in [3.05, 3.63) is 111 Å². The van der Waals surface area contributed by atoms with Crippen LogP contribution in [-0.2, 0) is 4.74 Å². The Balaban J connectivity index is 1.87. The first-order valence-corrected chi connectivity index (χ1v) is 22.6. The van der Waals surface area contributed by atoms with Crippen molar-refractivity contribution in [2.75, 3.05) is 20.3 Å². The van der Waals surface area contributed by atoms with Gasteiger partial charge in [-0.1, -0.05) is 107 Å². The van der Waals surface area contributed by atoms with Crippen LogP contribution in [0.4, 0.5) is 0 Å². The zero-order valence-corrected chi connectivity index (χ0v) is 39.8. The van der Waals surface area contributed by atoms with Crippen molar-refractivity contribution in [1.29, 1.82) is 0 Å². The highest BCUT2D eigenvalue weighted by Gasteiger charge is 2.28. The highest BCUT2D eigenvalue weighted by atomic mass is 16.5. The van der Waals surface area contributed by atoms with Crippen LogP contribution in [0.2, 0.25) is 0 Å². The van der Waals surface area contributed by atoms with Crippen molar-refractivity contribution in [3.8, 4) is 61.8 Å². The molecular weight excluding hydrogens is 737 g/mol. The van der Waals surface area contributed by atoms with Crippen LogP contribution >= 0.6 is 0 Å². The van der Waals surface area contributed by atoms with Crippen LogP contribution in [0.15, 0.2) is 60.7 Å². The number of phenols is 2. The molecule has 0 aromatic heterocycles. The van der Waals surface area contributed by atoms with Crippen LogP contribution in [0, 0.1) is 20.8 Å². The Morgan fingerprint density at radius 3 is 1.00 bits per heavy atom. The number of phenolic OH excluding ortho intramolecular Hbond substituents is 2. The van der Waals surface area contributed by atoms with Crippen LogP contribution in [0.5, 0.6) is 17.2 Å². The fourth-order valence-corrected chi connectivity index (χ4v) is 8.73. The predicted octanol–water partition coefficient (Wildman–Crippen LogP) is 16.2. The second kappa shape index (κ2) is 19.4. The van der Waals surface area contributed by atoms with Crippen molar-refractivity contribution in [2.45, 2.75) is 152 Å². The topological polar surface area (TPSA) is 58.9 Å². The number of methoxy groups -OCH3 is 1. The molecule has 0 bridgehead atoms. The molecule has 0 radical (unpaired) electrons. The lowest BCUT2D eigenvalue weighted by molar-refractivity contribution is 0.184. The molecular formula is C56H74O4. The van der Waals surface area contributed by atoms with E-state index in [2.05, 4.69) is 165 Å². The van der Waals surface area contributed by atoms with Crippen molar-refractivity contribution in [2.24, 2.45) is 0 Å². The summed E-state index contributed by atoms with van der Waals surface area (Å²) in [5, 5.41) is 25.5. The maximum atomic E-state index is 12.7. The number of unbranched alkanes of at least 4 members (excludes halogenated alkanes) is 1. The summed E-state index contributed by atoms with van der Waals surface area (Å²) in [4.78, 5) is 0. The molecule has 0 aliphatic carbocycles. The third-order valence-corrected chi connectivity index (χ3v) is 12.1. The lowest BCUT2D eigenvalue weighted by Gasteiger charge is -2.26. The minimum atomic E-state index is 0.241. The van der Waals surface area contributed by atoms with E-state index in [1.807, 2.05) is 0 Å². The highest BCUT2D eigenvalue weighted by molar-refractivity contribution is 5.94. The Morgan fingerprint density at radius 1 is 0.400 bits per heavy atom. The van der Waals surface area contributed by atoms with Crippen molar-refractivity contribution in [3.63, 3.8) is 0 Å². The quantitative estimate of drug-likeness (QED) is 0.0975. The molecule has 2 N–H and O–H groups in total. The molecule has 5 aromatic carbocycles. The van der Waals surface area contributed by atoms with Gasteiger partial charge in [-0.2, -0.15) is 0 Å². The van der Waals surface area contributed by atoms with E-state index < -0.39 is 0 Å². The number of aromatic hydroxyl groups is 2. The molecule has 4 nitrogen and oxygen atoms in total. The first-order chi connectivity index (χ1) is 28.3. The molecule has 0 amide bonds. The Morgan fingerprint density at radius 2 is 0.700 bits per heavy atom. The Bertz CT molecular complexity index is 2090. The van der Waals surface area contributed by atoms with Gasteiger partial charge in [-0.15, -0.1) is 0 Å². The Hall–Kier alpha value is -4.54. The van der Waals surface area contributed by atoms with E-state index in [0.29, 0.717) is 30.8 Å². The maximum absolute atomic E-state index is 12.7. The summed E-state index contributed by atoms with van der Waals surface area (Å²) in [5.41, 5.74) is 17.7. The fourth-order valence-electron chi connectivity index (χ4n) is 8.73. The lowest BCUT2D eigenvalue weighted by Crippen LogP contribution is -2.05. The van der Waals surface area contributed by atoms with E-state index in [1.54, 1.807) is 7.11 Å². The number of aryl methyl sites for hydroxylation is 3. The van der Waals surface area contributed by atoms with Gasteiger partial charge in [0.05, 0.1) is 6.61 Å². The first kappa shape index (κ1) is 46.5. The number of hydrogen-bond acceptors (Lipinski definition) is 4. The third kappa shape index (κ3) is 9.81. The van der Waals surface area contributed by atoms with E-state index >= 15 is 0 Å². The monoisotopic (exact) mass is 811 g/mol. The summed E-state index contributed by atoms with van der Waals surface area (Å²) in [7, 11) is 1.73. The number of ether oxygens (including phenoxy) is 2. The van der Waals surface area contributed by atoms with Crippen LogP contribution in [-0.4, -0.2) is 30.5 Å². The van der Waals surface area contributed by atoms with Crippen LogP contribution in [0.3, 0.4) is 0 Å². The molecule has 0 aliphatic rings. The molecule has 0 saturated carbocycles. The Kier molecular flexibility index (Phi) is 15.1. The Labute approximate surface area is 363 Å². The van der Waals surface area contributed by atoms with E-state index in [0.717, 1.165) is 74.0 Å². The normalized spacial score (nSPS) is 12.0. The molecule has 60 heavy (non-hydrogen) atoms. The van der Waals surface area contributed by atoms with Crippen molar-refractivity contribution in [1.82, 2.24) is 0 Å². The molecule has 5 aromatic rings. The molecule has 322 valence electrons. The number of rotatable bonds is 16. The molecule has 0 spiro atoms. The van der Waals surface area contributed by atoms with E-state index in [-0.39, 0.29) is 35.2 Å². The van der Waals surface area contributed by atoms with Crippen molar-refractivity contribution < 1.29 is 19.7 Å². The van der Waals surface area contributed by atoms with E-state index in [9.17, 15) is 10.2 Å². The van der Waals surface area contributed by atoms with Gasteiger partial charge in [-0.3, -0.25) is 0 Å². The van der Waals surface area contributed by atoms with Gasteiger partial charge >= 0.3 is 0 Å². The van der Waals surface area contributed by atoms with Crippen molar-refractivity contribution >= 4 is 0 Å². The minimum absolute atomic E-state index is 0.241. The molecule has 0 fully saturated rings. The molecule has 0 atom stereocenters. The summed E-state index contributed by atoms with van der Waals surface area (Å²) in [6.45, 7) is 34.4. The smallest absolute Gasteiger partial charge is 0.135 e. The average molecular weight is 811 g/mol. The highest BCUT2D eigenvalue weighted by Crippen LogP contribution is 2.52. The molecule has 0 unspecified atom stereocenters. The van der Waals surface area contributed by atoms with Gasteiger partial charge in [0.25, 0.3) is 0 Å². The minimum Gasteiger partial charge on any atom is -0.507 e. The van der Waals surface area contributed by atoms with Gasteiger partial charge in [0.15, 0.2) is 0 Å². The van der Waals surface area contributed by atoms with Gasteiger partial charge in [0.2, 0.25) is 0 Å². The lowest BCUT2D eigenvalue weighted by atomic mass is 9.80. The van der Waals surface area contributed by atoms with Crippen LogP contribution in [0.1, 0.15) is 182 Å². The first-order valence-electron chi connectivity index (χ1n) is 22.6. The summed E-state index contributed by atoms with van der Waals surface area (Å²) in [6, 6.07) is 22.1. The molecule has 5 rings (SSSR count).